The molecule has 0 aliphatic heterocycles. The Labute approximate surface area is 164 Å². The van der Waals surface area contributed by atoms with Gasteiger partial charge in [0, 0.05) is 51.7 Å². The molecule has 1 aliphatic rings. The van der Waals surface area contributed by atoms with Gasteiger partial charge in [-0.1, -0.05) is 18.2 Å². The Morgan fingerprint density at radius 2 is 2.04 bits per heavy atom. The number of hydrogen-bond donors (Lipinski definition) is 3. The first kappa shape index (κ1) is 17.2. The molecule has 132 valence electrons. The molecule has 6 heteroatoms. The predicted octanol–water partition coefficient (Wildman–Crippen LogP) is 4.10. The molecule has 5 nitrogen and oxygen atoms in total. The van der Waals surface area contributed by atoms with Crippen molar-refractivity contribution in [2.75, 3.05) is 5.32 Å². The average Bonchev–Trinajstić information content (AvgIpc) is 2.68. The highest BCUT2D eigenvalue weighted by Gasteiger charge is 2.20. The number of para-hydroxylation sites is 1. The lowest BCUT2D eigenvalue weighted by Gasteiger charge is -2.25. The zero-order valence-electron chi connectivity index (χ0n) is 14.0. The number of rotatable bonds is 3. The van der Waals surface area contributed by atoms with Gasteiger partial charge in [0.25, 0.3) is 5.91 Å². The van der Waals surface area contributed by atoms with Gasteiger partial charge in [0.2, 0.25) is 5.43 Å². The second-order valence-corrected chi connectivity index (χ2v) is 7.12. The highest BCUT2D eigenvalue weighted by Crippen LogP contribution is 2.32. The second kappa shape index (κ2) is 7.20. The van der Waals surface area contributed by atoms with Crippen LogP contribution in [-0.2, 0) is 6.42 Å². The quantitative estimate of drug-likeness (QED) is 0.408. The minimum absolute atomic E-state index is 0.116. The van der Waals surface area contributed by atoms with Gasteiger partial charge in [-0.25, -0.2) is 0 Å². The molecule has 3 aromatic rings. The standard InChI is InChI=1S/C20H18IN3O2/c21-24-18-7-3-4-12-8-9-13(10-15(12)18)23-20(26)16-11-22-17-6-2-1-5-14(17)19(16)25/h1-2,5-6,8-11,18,24H,3-4,7H2,(H,22,25)(H,23,26). The number of anilines is 1. The first-order chi connectivity index (χ1) is 12.7. The van der Waals surface area contributed by atoms with E-state index in [1.54, 1.807) is 12.1 Å². The van der Waals surface area contributed by atoms with Gasteiger partial charge in [-0.2, -0.15) is 0 Å². The zero-order valence-corrected chi connectivity index (χ0v) is 16.2. The highest BCUT2D eigenvalue weighted by atomic mass is 127. The molecule has 2 aromatic carbocycles. The van der Waals surface area contributed by atoms with E-state index in [1.165, 1.54) is 17.3 Å². The van der Waals surface area contributed by atoms with E-state index in [1.807, 2.05) is 24.3 Å². The van der Waals surface area contributed by atoms with Crippen molar-refractivity contribution in [1.29, 1.82) is 0 Å². The Balaban J connectivity index is 1.65. The number of halogens is 1. The van der Waals surface area contributed by atoms with Crippen LogP contribution in [0.4, 0.5) is 5.69 Å². The lowest BCUT2D eigenvalue weighted by molar-refractivity contribution is 0.102. The third-order valence-electron chi connectivity index (χ3n) is 4.88. The molecular formula is C20H18IN3O2. The number of aromatic amines is 1. The molecule has 0 bridgehead atoms. The molecule has 0 fully saturated rings. The summed E-state index contributed by atoms with van der Waals surface area (Å²) >= 11 is 2.18. The van der Waals surface area contributed by atoms with Gasteiger partial charge in [0.05, 0.1) is 0 Å². The molecule has 1 unspecified atom stereocenters. The molecule has 1 aliphatic carbocycles. The summed E-state index contributed by atoms with van der Waals surface area (Å²) in [5.41, 5.74) is 3.81. The number of fused-ring (bicyclic) bond motifs is 2. The fourth-order valence-electron chi connectivity index (χ4n) is 3.52. The maximum atomic E-state index is 12.6. The molecule has 1 atom stereocenters. The number of carbonyl (C=O) groups is 1. The van der Waals surface area contributed by atoms with Crippen LogP contribution in [0.1, 0.15) is 40.4 Å². The maximum Gasteiger partial charge on any atom is 0.261 e. The molecule has 1 heterocycles. The summed E-state index contributed by atoms with van der Waals surface area (Å²) in [6.07, 6.45) is 4.78. The fraction of sp³-hybridized carbons (Fsp3) is 0.200. The SMILES string of the molecule is O=C(Nc1ccc2c(c1)C(NI)CCC2)c1c[nH]c2ccccc2c1=O. The van der Waals surface area contributed by atoms with Crippen LogP contribution >= 0.6 is 22.9 Å². The first-order valence-corrected chi connectivity index (χ1v) is 9.66. The van der Waals surface area contributed by atoms with Gasteiger partial charge in [-0.3, -0.25) is 13.1 Å². The first-order valence-electron chi connectivity index (χ1n) is 8.58. The molecule has 1 amide bonds. The van der Waals surface area contributed by atoms with E-state index < -0.39 is 5.91 Å². The Morgan fingerprint density at radius 1 is 1.19 bits per heavy atom. The minimum atomic E-state index is -0.397. The minimum Gasteiger partial charge on any atom is -0.360 e. The van der Waals surface area contributed by atoms with Crippen LogP contribution in [-0.4, -0.2) is 10.9 Å². The van der Waals surface area contributed by atoms with E-state index in [-0.39, 0.29) is 11.0 Å². The largest absolute Gasteiger partial charge is 0.360 e. The van der Waals surface area contributed by atoms with Crippen molar-refractivity contribution >= 4 is 45.4 Å². The fourth-order valence-corrected chi connectivity index (χ4v) is 4.17. The molecule has 0 radical (unpaired) electrons. The molecular weight excluding hydrogens is 441 g/mol. The lowest BCUT2D eigenvalue weighted by atomic mass is 9.88. The van der Waals surface area contributed by atoms with Crippen LogP contribution in [0.3, 0.4) is 0 Å². The summed E-state index contributed by atoms with van der Waals surface area (Å²) in [6.45, 7) is 0. The summed E-state index contributed by atoms with van der Waals surface area (Å²) in [5.74, 6) is -0.397. The Kier molecular flexibility index (Phi) is 4.78. The van der Waals surface area contributed by atoms with Crippen LogP contribution in [0.15, 0.2) is 53.5 Å². The lowest BCUT2D eigenvalue weighted by Crippen LogP contribution is -2.22. The maximum absolute atomic E-state index is 12.6. The summed E-state index contributed by atoms with van der Waals surface area (Å²) < 4.78 is 3.30. The van der Waals surface area contributed by atoms with Gasteiger partial charge >= 0.3 is 0 Å². The number of aromatic nitrogens is 1. The Bertz CT molecular complexity index is 1040. The zero-order chi connectivity index (χ0) is 18.1. The Hall–Kier alpha value is -2.19. The van der Waals surface area contributed by atoms with E-state index in [0.29, 0.717) is 17.1 Å². The average molecular weight is 459 g/mol. The van der Waals surface area contributed by atoms with E-state index in [0.717, 1.165) is 24.8 Å². The molecule has 0 spiro atoms. The molecule has 26 heavy (non-hydrogen) atoms. The van der Waals surface area contributed by atoms with Crippen LogP contribution in [0.5, 0.6) is 0 Å². The van der Waals surface area contributed by atoms with Crippen LogP contribution in [0, 0.1) is 0 Å². The third kappa shape index (κ3) is 3.14. The summed E-state index contributed by atoms with van der Waals surface area (Å²) in [6, 6.07) is 13.5. The Morgan fingerprint density at radius 3 is 2.88 bits per heavy atom. The highest BCUT2D eigenvalue weighted by molar-refractivity contribution is 14.1. The third-order valence-corrected chi connectivity index (χ3v) is 5.63. The summed E-state index contributed by atoms with van der Waals surface area (Å²) in [4.78, 5) is 28.3. The number of pyridine rings is 1. The van der Waals surface area contributed by atoms with Crippen LogP contribution in [0.25, 0.3) is 10.9 Å². The number of carbonyl (C=O) groups excluding carboxylic acids is 1. The number of benzene rings is 2. The van der Waals surface area contributed by atoms with Crippen molar-refractivity contribution < 1.29 is 4.79 Å². The summed E-state index contributed by atoms with van der Waals surface area (Å²) in [5, 5.41) is 3.38. The van der Waals surface area contributed by atoms with Gasteiger partial charge in [-0.15, -0.1) is 0 Å². The molecule has 4 rings (SSSR count). The van der Waals surface area contributed by atoms with Crippen molar-refractivity contribution in [2.24, 2.45) is 0 Å². The number of amides is 1. The topological polar surface area (TPSA) is 74.0 Å². The van der Waals surface area contributed by atoms with E-state index >= 15 is 0 Å². The second-order valence-electron chi connectivity index (χ2n) is 6.50. The normalized spacial score (nSPS) is 16.3. The number of hydrogen-bond acceptors (Lipinski definition) is 3. The van der Waals surface area contributed by atoms with Crippen LogP contribution < -0.4 is 14.3 Å². The van der Waals surface area contributed by atoms with Crippen molar-refractivity contribution in [1.82, 2.24) is 8.51 Å². The van der Waals surface area contributed by atoms with Gasteiger partial charge in [-0.05, 0) is 54.7 Å². The van der Waals surface area contributed by atoms with Gasteiger partial charge in [0.15, 0.2) is 0 Å². The summed E-state index contributed by atoms with van der Waals surface area (Å²) in [7, 11) is 0. The van der Waals surface area contributed by atoms with Crippen molar-refractivity contribution in [3.05, 3.63) is 75.6 Å². The number of nitrogens with one attached hydrogen (secondary N) is 3. The number of H-pyrrole nitrogens is 1. The number of aryl methyl sites for hydroxylation is 1. The smallest absolute Gasteiger partial charge is 0.261 e. The monoisotopic (exact) mass is 459 g/mol. The van der Waals surface area contributed by atoms with Crippen molar-refractivity contribution in [2.45, 2.75) is 25.3 Å². The van der Waals surface area contributed by atoms with Crippen molar-refractivity contribution in [3.63, 3.8) is 0 Å². The van der Waals surface area contributed by atoms with Crippen LogP contribution in [0.2, 0.25) is 0 Å². The van der Waals surface area contributed by atoms with E-state index in [2.05, 4.69) is 42.8 Å². The molecule has 1 aromatic heterocycles. The van der Waals surface area contributed by atoms with E-state index in [9.17, 15) is 9.59 Å². The molecule has 0 saturated carbocycles. The molecule has 0 saturated heterocycles. The van der Waals surface area contributed by atoms with Gasteiger partial charge < -0.3 is 10.3 Å². The van der Waals surface area contributed by atoms with Crippen molar-refractivity contribution in [3.8, 4) is 0 Å². The molecule has 3 N–H and O–H groups in total. The van der Waals surface area contributed by atoms with Gasteiger partial charge in [0.1, 0.15) is 5.56 Å². The van der Waals surface area contributed by atoms with E-state index in [4.69, 9.17) is 0 Å². The predicted molar refractivity (Wildman–Crippen MR) is 112 cm³/mol.